The van der Waals surface area contributed by atoms with Crippen LogP contribution in [0.5, 0.6) is 5.75 Å². The molecule has 0 aromatic heterocycles. The Bertz CT molecular complexity index is 1270. The number of benzene rings is 3. The van der Waals surface area contributed by atoms with Crippen LogP contribution in [0.1, 0.15) is 40.8 Å². The van der Waals surface area contributed by atoms with Crippen molar-refractivity contribution < 1.29 is 17.9 Å². The van der Waals surface area contributed by atoms with Crippen LogP contribution in [0.25, 0.3) is 0 Å². The highest BCUT2D eigenvalue weighted by molar-refractivity contribution is 7.92. The SMILES string of the molecule is Cc1ccc(S(=O)(=O)N(C)c2ccc(OCC(=O)N[C@H](C)c3cc(C)c(C)cc3C)cc2)cc1. The first-order valence-corrected chi connectivity index (χ1v) is 12.6. The van der Waals surface area contributed by atoms with Crippen molar-refractivity contribution in [2.45, 2.75) is 45.6 Å². The molecule has 6 nitrogen and oxygen atoms in total. The molecule has 1 N–H and O–H groups in total. The zero-order valence-corrected chi connectivity index (χ0v) is 21.4. The lowest BCUT2D eigenvalue weighted by atomic mass is 9.96. The van der Waals surface area contributed by atoms with E-state index in [-0.39, 0.29) is 23.5 Å². The minimum Gasteiger partial charge on any atom is -0.484 e. The Morgan fingerprint density at radius 1 is 0.912 bits per heavy atom. The normalized spacial score (nSPS) is 12.2. The smallest absolute Gasteiger partial charge is 0.264 e. The summed E-state index contributed by atoms with van der Waals surface area (Å²) >= 11 is 0. The van der Waals surface area contributed by atoms with Crippen molar-refractivity contribution in [2.75, 3.05) is 18.0 Å². The summed E-state index contributed by atoms with van der Waals surface area (Å²) in [5.41, 5.74) is 6.12. The van der Waals surface area contributed by atoms with E-state index in [2.05, 4.69) is 31.3 Å². The monoisotopic (exact) mass is 480 g/mol. The standard InChI is InChI=1S/C27H32N2O4S/c1-18-7-13-25(14-8-18)34(31,32)29(6)23-9-11-24(12-10-23)33-17-27(30)28-22(5)26-16-20(3)19(2)15-21(26)4/h7-16,22H,17H2,1-6H3,(H,28,30)/t22-/m1/s1. The molecule has 0 bridgehead atoms. The molecule has 1 amide bonds. The third kappa shape index (κ3) is 5.78. The van der Waals surface area contributed by atoms with Crippen LogP contribution in [0.2, 0.25) is 0 Å². The van der Waals surface area contributed by atoms with Gasteiger partial charge in [0, 0.05) is 7.05 Å². The predicted octanol–water partition coefficient (Wildman–Crippen LogP) is 5.00. The van der Waals surface area contributed by atoms with E-state index in [1.807, 2.05) is 20.8 Å². The molecule has 0 unspecified atom stereocenters. The van der Waals surface area contributed by atoms with Crippen LogP contribution >= 0.6 is 0 Å². The van der Waals surface area contributed by atoms with E-state index in [9.17, 15) is 13.2 Å². The molecular formula is C27H32N2O4S. The fraction of sp³-hybridized carbons (Fsp3) is 0.296. The maximum absolute atomic E-state index is 12.9. The van der Waals surface area contributed by atoms with E-state index >= 15 is 0 Å². The lowest BCUT2D eigenvalue weighted by molar-refractivity contribution is -0.123. The highest BCUT2D eigenvalue weighted by atomic mass is 32.2. The van der Waals surface area contributed by atoms with Crippen LogP contribution in [0.4, 0.5) is 5.69 Å². The van der Waals surface area contributed by atoms with E-state index in [0.717, 1.165) is 16.7 Å². The molecule has 34 heavy (non-hydrogen) atoms. The maximum Gasteiger partial charge on any atom is 0.264 e. The number of ether oxygens (including phenoxy) is 1. The number of carbonyl (C=O) groups is 1. The predicted molar refractivity (Wildman–Crippen MR) is 136 cm³/mol. The summed E-state index contributed by atoms with van der Waals surface area (Å²) in [7, 11) is -2.16. The molecule has 0 saturated carbocycles. The Morgan fingerprint density at radius 3 is 2.12 bits per heavy atom. The summed E-state index contributed by atoms with van der Waals surface area (Å²) in [6.45, 7) is 9.90. The Hall–Kier alpha value is -3.32. The van der Waals surface area contributed by atoms with Gasteiger partial charge in [-0.05, 0) is 93.3 Å². The minimum atomic E-state index is -3.67. The number of aryl methyl sites for hydroxylation is 4. The van der Waals surface area contributed by atoms with Gasteiger partial charge in [0.05, 0.1) is 16.6 Å². The van der Waals surface area contributed by atoms with Crippen molar-refractivity contribution in [3.63, 3.8) is 0 Å². The summed E-state index contributed by atoms with van der Waals surface area (Å²) in [5.74, 6) is 0.253. The van der Waals surface area contributed by atoms with Gasteiger partial charge in [0.15, 0.2) is 6.61 Å². The molecule has 0 fully saturated rings. The van der Waals surface area contributed by atoms with E-state index in [4.69, 9.17) is 4.74 Å². The number of hydrogen-bond donors (Lipinski definition) is 1. The Labute approximate surface area is 202 Å². The number of sulfonamides is 1. The van der Waals surface area contributed by atoms with Crippen molar-refractivity contribution in [3.8, 4) is 5.75 Å². The van der Waals surface area contributed by atoms with Crippen molar-refractivity contribution >= 4 is 21.6 Å². The van der Waals surface area contributed by atoms with E-state index in [1.54, 1.807) is 48.5 Å². The van der Waals surface area contributed by atoms with Crippen molar-refractivity contribution in [2.24, 2.45) is 0 Å². The molecular weight excluding hydrogens is 448 g/mol. The van der Waals surface area contributed by atoms with Crippen LogP contribution in [0.3, 0.4) is 0 Å². The molecule has 3 rings (SSSR count). The van der Waals surface area contributed by atoms with Crippen molar-refractivity contribution in [3.05, 3.63) is 88.5 Å². The molecule has 3 aromatic carbocycles. The van der Waals surface area contributed by atoms with Gasteiger partial charge < -0.3 is 10.1 Å². The van der Waals surface area contributed by atoms with Gasteiger partial charge >= 0.3 is 0 Å². The van der Waals surface area contributed by atoms with E-state index in [0.29, 0.717) is 11.4 Å². The fourth-order valence-electron chi connectivity index (χ4n) is 3.72. The average molecular weight is 481 g/mol. The van der Waals surface area contributed by atoms with Crippen LogP contribution in [0.15, 0.2) is 65.6 Å². The largest absolute Gasteiger partial charge is 0.484 e. The third-order valence-electron chi connectivity index (χ3n) is 5.98. The van der Waals surface area contributed by atoms with Crippen LogP contribution in [0, 0.1) is 27.7 Å². The van der Waals surface area contributed by atoms with E-state index < -0.39 is 10.0 Å². The highest BCUT2D eigenvalue weighted by Gasteiger charge is 2.21. The molecule has 3 aromatic rings. The van der Waals surface area contributed by atoms with Gasteiger partial charge in [-0.3, -0.25) is 9.10 Å². The number of nitrogens with one attached hydrogen (secondary N) is 1. The lowest BCUT2D eigenvalue weighted by Crippen LogP contribution is -2.31. The van der Waals surface area contributed by atoms with Crippen LogP contribution in [-0.2, 0) is 14.8 Å². The molecule has 0 radical (unpaired) electrons. The summed E-state index contributed by atoms with van der Waals surface area (Å²) in [5, 5.41) is 2.97. The van der Waals surface area contributed by atoms with Crippen molar-refractivity contribution in [1.82, 2.24) is 5.32 Å². The summed E-state index contributed by atoms with van der Waals surface area (Å²) in [6, 6.07) is 17.4. The number of rotatable bonds is 8. The Balaban J connectivity index is 1.60. The maximum atomic E-state index is 12.9. The molecule has 0 aliphatic rings. The molecule has 7 heteroatoms. The minimum absolute atomic E-state index is 0.134. The summed E-state index contributed by atoms with van der Waals surface area (Å²) < 4.78 is 32.6. The molecule has 0 heterocycles. The number of anilines is 1. The van der Waals surface area contributed by atoms with Gasteiger partial charge in [-0.2, -0.15) is 0 Å². The number of amides is 1. The first kappa shape index (κ1) is 25.3. The zero-order valence-electron chi connectivity index (χ0n) is 20.5. The van der Waals surface area contributed by atoms with Gasteiger partial charge in [0.25, 0.3) is 15.9 Å². The van der Waals surface area contributed by atoms with Gasteiger partial charge in [0.2, 0.25) is 0 Å². The second-order valence-corrected chi connectivity index (χ2v) is 10.6. The van der Waals surface area contributed by atoms with Gasteiger partial charge in [0.1, 0.15) is 5.75 Å². The number of carbonyl (C=O) groups excluding carboxylic acids is 1. The second-order valence-electron chi connectivity index (χ2n) is 8.65. The lowest BCUT2D eigenvalue weighted by Gasteiger charge is -2.20. The highest BCUT2D eigenvalue weighted by Crippen LogP contribution is 2.25. The molecule has 0 spiro atoms. The van der Waals surface area contributed by atoms with Crippen LogP contribution in [-0.4, -0.2) is 28.0 Å². The molecule has 0 saturated heterocycles. The van der Waals surface area contributed by atoms with E-state index in [1.165, 1.54) is 22.5 Å². The second kappa shape index (κ2) is 10.3. The first-order valence-electron chi connectivity index (χ1n) is 11.1. The number of nitrogens with zero attached hydrogens (tertiary/aromatic N) is 1. The van der Waals surface area contributed by atoms with Gasteiger partial charge in [-0.25, -0.2) is 8.42 Å². The van der Waals surface area contributed by atoms with Crippen molar-refractivity contribution in [1.29, 1.82) is 0 Å². The number of hydrogen-bond acceptors (Lipinski definition) is 4. The topological polar surface area (TPSA) is 75.7 Å². The summed E-state index contributed by atoms with van der Waals surface area (Å²) in [4.78, 5) is 12.7. The zero-order chi connectivity index (χ0) is 25.0. The third-order valence-corrected chi connectivity index (χ3v) is 7.78. The van der Waals surface area contributed by atoms with Gasteiger partial charge in [-0.1, -0.05) is 29.8 Å². The molecule has 180 valence electrons. The van der Waals surface area contributed by atoms with Gasteiger partial charge in [-0.15, -0.1) is 0 Å². The quantitative estimate of drug-likeness (QED) is 0.492. The molecule has 0 aliphatic carbocycles. The van der Waals surface area contributed by atoms with Crippen LogP contribution < -0.4 is 14.4 Å². The summed E-state index contributed by atoms with van der Waals surface area (Å²) in [6.07, 6.45) is 0. The first-order chi connectivity index (χ1) is 16.0. The Kier molecular flexibility index (Phi) is 7.67. The average Bonchev–Trinajstić information content (AvgIpc) is 2.80. The fourth-order valence-corrected chi connectivity index (χ4v) is 4.91. The Morgan fingerprint density at radius 2 is 1.50 bits per heavy atom. The molecule has 0 aliphatic heterocycles. The molecule has 1 atom stereocenters.